The molecule has 128 valence electrons. The van der Waals surface area contributed by atoms with E-state index in [1.165, 1.54) is 0 Å². The van der Waals surface area contributed by atoms with Crippen LogP contribution < -0.4 is 10.6 Å². The molecule has 0 unspecified atom stereocenters. The molecule has 0 fully saturated rings. The summed E-state index contributed by atoms with van der Waals surface area (Å²) in [7, 11) is 0. The van der Waals surface area contributed by atoms with Crippen molar-refractivity contribution in [3.63, 3.8) is 0 Å². The Morgan fingerprint density at radius 3 is 1.65 bits per heavy atom. The molecule has 8 nitrogen and oxygen atoms in total. The third-order valence-electron chi connectivity index (χ3n) is 2.78. The van der Waals surface area contributed by atoms with Gasteiger partial charge >= 0.3 is 12.2 Å². The summed E-state index contributed by atoms with van der Waals surface area (Å²) in [4.78, 5) is 44.8. The van der Waals surface area contributed by atoms with Crippen LogP contribution in [0.25, 0.3) is 0 Å². The molecule has 0 saturated carbocycles. The topological polar surface area (TPSA) is 111 Å². The molecule has 0 heterocycles. The summed E-state index contributed by atoms with van der Waals surface area (Å²) >= 11 is 0. The van der Waals surface area contributed by atoms with E-state index in [0.29, 0.717) is 6.42 Å². The number of carbonyl (C=O) groups is 4. The van der Waals surface area contributed by atoms with Crippen molar-refractivity contribution in [2.24, 2.45) is 5.41 Å². The predicted octanol–water partition coefficient (Wildman–Crippen LogP) is 1.67. The summed E-state index contributed by atoms with van der Waals surface area (Å²) in [6.07, 6.45) is 1.40. The number of hydrogen-bond donors (Lipinski definition) is 2. The van der Waals surface area contributed by atoms with E-state index in [1.807, 2.05) is 17.6 Å². The number of amides is 4. The first-order valence-corrected chi connectivity index (χ1v) is 6.96. The lowest BCUT2D eigenvalue weighted by molar-refractivity contribution is -0.116. The van der Waals surface area contributed by atoms with Gasteiger partial charge in [0.25, 0.3) is 11.8 Å². The van der Waals surface area contributed by atoms with Crippen molar-refractivity contribution in [2.45, 2.75) is 26.7 Å². The molecular formula is C15H22N2O6. The minimum atomic E-state index is -0.913. The molecule has 2 N–H and O–H groups in total. The van der Waals surface area contributed by atoms with Crippen LogP contribution in [0.1, 0.15) is 26.7 Å². The molecule has 0 aromatic rings. The van der Waals surface area contributed by atoms with E-state index >= 15 is 0 Å². The van der Waals surface area contributed by atoms with Gasteiger partial charge in [-0.15, -0.1) is 0 Å². The quantitative estimate of drug-likeness (QED) is 0.656. The lowest BCUT2D eigenvalue weighted by Gasteiger charge is -2.27. The number of hydrogen-bond acceptors (Lipinski definition) is 6. The Hall–Kier alpha value is -2.64. The van der Waals surface area contributed by atoms with Gasteiger partial charge in [-0.1, -0.05) is 33.4 Å². The van der Waals surface area contributed by atoms with Gasteiger partial charge in [0.15, 0.2) is 0 Å². The highest BCUT2D eigenvalue weighted by Crippen LogP contribution is 2.24. The summed E-state index contributed by atoms with van der Waals surface area (Å²) < 4.78 is 9.91. The normalized spacial score (nSPS) is 10.2. The van der Waals surface area contributed by atoms with Crippen LogP contribution in [0.3, 0.4) is 0 Å². The smallest absolute Gasteiger partial charge is 0.414 e. The maximum absolute atomic E-state index is 11.4. The predicted molar refractivity (Wildman–Crippen MR) is 82.4 cm³/mol. The molecule has 0 aromatic carbocycles. The monoisotopic (exact) mass is 326 g/mol. The van der Waals surface area contributed by atoms with Gasteiger partial charge in [-0.2, -0.15) is 0 Å². The van der Waals surface area contributed by atoms with Crippen LogP contribution >= 0.6 is 0 Å². The number of ether oxygens (including phenoxy) is 2. The number of nitrogens with one attached hydrogen (secondary N) is 2. The summed E-state index contributed by atoms with van der Waals surface area (Å²) in [5.41, 5.74) is -0.655. The number of imide groups is 2. The number of rotatable bonds is 8. The fraction of sp³-hybridized carbons (Fsp3) is 0.467. The molecule has 0 aliphatic heterocycles. The Kier molecular flexibility index (Phi) is 8.98. The fourth-order valence-electron chi connectivity index (χ4n) is 1.64. The zero-order valence-corrected chi connectivity index (χ0v) is 13.3. The lowest BCUT2D eigenvalue weighted by Crippen LogP contribution is -2.38. The number of carbonyl (C=O) groups excluding carboxylic acids is 4. The average Bonchev–Trinajstić information content (AvgIpc) is 2.51. The van der Waals surface area contributed by atoms with Crippen molar-refractivity contribution in [3.05, 3.63) is 25.3 Å². The second kappa shape index (κ2) is 10.1. The van der Waals surface area contributed by atoms with Crippen LogP contribution in [0.4, 0.5) is 9.59 Å². The van der Waals surface area contributed by atoms with Gasteiger partial charge in [-0.25, -0.2) is 9.59 Å². The first-order chi connectivity index (χ1) is 10.8. The van der Waals surface area contributed by atoms with E-state index in [0.717, 1.165) is 18.6 Å². The molecule has 0 atom stereocenters. The molecule has 0 aliphatic carbocycles. The van der Waals surface area contributed by atoms with E-state index < -0.39 is 29.4 Å². The van der Waals surface area contributed by atoms with E-state index in [9.17, 15) is 19.2 Å². The van der Waals surface area contributed by atoms with Crippen LogP contribution in [0.15, 0.2) is 25.3 Å². The van der Waals surface area contributed by atoms with E-state index in [1.54, 1.807) is 6.92 Å². The van der Waals surface area contributed by atoms with Crippen LogP contribution in [0.5, 0.6) is 0 Å². The van der Waals surface area contributed by atoms with E-state index in [-0.39, 0.29) is 13.2 Å². The van der Waals surface area contributed by atoms with Crippen LogP contribution in [0.2, 0.25) is 0 Å². The van der Waals surface area contributed by atoms with Crippen molar-refractivity contribution in [3.8, 4) is 0 Å². The van der Waals surface area contributed by atoms with Gasteiger partial charge in [0.2, 0.25) is 0 Å². The Balaban J connectivity index is 4.49. The molecule has 0 aliphatic rings. The first-order valence-electron chi connectivity index (χ1n) is 6.96. The minimum absolute atomic E-state index is 0.0697. The van der Waals surface area contributed by atoms with E-state index in [4.69, 9.17) is 9.47 Å². The summed E-state index contributed by atoms with van der Waals surface area (Å²) in [5, 5.41) is 3.90. The summed E-state index contributed by atoms with van der Waals surface area (Å²) in [6.45, 7) is 9.96. The summed E-state index contributed by atoms with van der Waals surface area (Å²) in [5.74, 6) is -1.35. The highest BCUT2D eigenvalue weighted by atomic mass is 16.6. The second-order valence-corrected chi connectivity index (χ2v) is 5.10. The van der Waals surface area contributed by atoms with Crippen LogP contribution in [0, 0.1) is 5.41 Å². The molecule has 0 rings (SSSR count). The Labute approximate surface area is 134 Å². The molecule has 0 saturated heterocycles. The van der Waals surface area contributed by atoms with Gasteiger partial charge in [0.05, 0.1) is 0 Å². The third kappa shape index (κ3) is 9.07. The zero-order valence-electron chi connectivity index (χ0n) is 13.3. The standard InChI is InChI=1S/C15H22N2O6/c1-5-8-15(4,9-22-13(20)16-11(18)6-2)10-23-14(21)17-12(19)7-3/h6-7H,2-3,5,8-10H2,1,4H3,(H,16,18,20)(H,17,19,21). The van der Waals surface area contributed by atoms with Crippen molar-refractivity contribution in [1.29, 1.82) is 0 Å². The fourth-order valence-corrected chi connectivity index (χ4v) is 1.64. The zero-order chi connectivity index (χ0) is 17.9. The molecule has 0 aromatic heterocycles. The van der Waals surface area contributed by atoms with Crippen molar-refractivity contribution in [1.82, 2.24) is 10.6 Å². The third-order valence-corrected chi connectivity index (χ3v) is 2.78. The molecule has 8 heteroatoms. The lowest BCUT2D eigenvalue weighted by atomic mass is 9.87. The maximum atomic E-state index is 11.4. The number of alkyl carbamates (subject to hydrolysis) is 2. The average molecular weight is 326 g/mol. The Morgan fingerprint density at radius 2 is 1.35 bits per heavy atom. The largest absolute Gasteiger partial charge is 0.449 e. The molecule has 0 spiro atoms. The molecule has 0 radical (unpaired) electrons. The summed E-state index contributed by atoms with van der Waals surface area (Å²) in [6, 6.07) is 0. The second-order valence-electron chi connectivity index (χ2n) is 5.10. The Bertz CT molecular complexity index is 448. The van der Waals surface area contributed by atoms with Crippen molar-refractivity contribution >= 4 is 24.0 Å². The molecule has 4 amide bonds. The molecule has 23 heavy (non-hydrogen) atoms. The Morgan fingerprint density at radius 1 is 0.957 bits per heavy atom. The molecule has 0 bridgehead atoms. The van der Waals surface area contributed by atoms with Gasteiger partial charge in [-0.3, -0.25) is 20.2 Å². The van der Waals surface area contributed by atoms with Gasteiger partial charge < -0.3 is 9.47 Å². The molecular weight excluding hydrogens is 304 g/mol. The van der Waals surface area contributed by atoms with Crippen molar-refractivity contribution in [2.75, 3.05) is 13.2 Å². The maximum Gasteiger partial charge on any atom is 0.414 e. The minimum Gasteiger partial charge on any atom is -0.449 e. The van der Waals surface area contributed by atoms with Crippen LogP contribution in [-0.2, 0) is 19.1 Å². The van der Waals surface area contributed by atoms with Gasteiger partial charge in [-0.05, 0) is 18.6 Å². The van der Waals surface area contributed by atoms with Crippen molar-refractivity contribution < 1.29 is 28.7 Å². The van der Waals surface area contributed by atoms with Crippen LogP contribution in [-0.4, -0.2) is 37.2 Å². The first kappa shape index (κ1) is 20.4. The highest BCUT2D eigenvalue weighted by molar-refractivity contribution is 5.98. The van der Waals surface area contributed by atoms with Gasteiger partial charge in [0, 0.05) is 5.41 Å². The SMILES string of the molecule is C=CC(=O)NC(=O)OCC(C)(CCC)COC(=O)NC(=O)C=C. The highest BCUT2D eigenvalue weighted by Gasteiger charge is 2.28. The van der Waals surface area contributed by atoms with Gasteiger partial charge in [0.1, 0.15) is 13.2 Å². The van der Waals surface area contributed by atoms with E-state index in [2.05, 4.69) is 13.2 Å².